The third-order valence-corrected chi connectivity index (χ3v) is 3.78. The van der Waals surface area contributed by atoms with E-state index >= 15 is 0 Å². The van der Waals surface area contributed by atoms with Crippen LogP contribution < -0.4 is 0 Å². The number of hydrogen-bond acceptors (Lipinski definition) is 4. The Labute approximate surface area is 101 Å². The van der Waals surface area contributed by atoms with E-state index in [4.69, 9.17) is 0 Å². The van der Waals surface area contributed by atoms with Gasteiger partial charge in [-0.1, -0.05) is 0 Å². The maximum atomic E-state index is 9.75. The monoisotopic (exact) mass is 240 g/mol. The standard InChI is InChI=1S/C12H20N2OS/c1-13(2)7-11-5-12(15)8-14(11)6-10-3-4-16-9-10/h3-4,9,11-12,15H,5-8H2,1-2H3. The van der Waals surface area contributed by atoms with Gasteiger partial charge in [0.05, 0.1) is 6.10 Å². The SMILES string of the molecule is CN(C)CC1CC(O)CN1Cc1ccsc1. The summed E-state index contributed by atoms with van der Waals surface area (Å²) in [6.45, 7) is 2.81. The molecule has 90 valence electrons. The molecule has 2 rings (SSSR count). The molecule has 2 atom stereocenters. The molecule has 16 heavy (non-hydrogen) atoms. The van der Waals surface area contributed by atoms with E-state index in [2.05, 4.69) is 40.7 Å². The maximum absolute atomic E-state index is 9.75. The van der Waals surface area contributed by atoms with Crippen molar-refractivity contribution in [2.24, 2.45) is 0 Å². The number of likely N-dealkylation sites (N-methyl/N-ethyl adjacent to an activating group) is 1. The summed E-state index contributed by atoms with van der Waals surface area (Å²) < 4.78 is 0. The van der Waals surface area contributed by atoms with E-state index in [1.807, 2.05) is 0 Å². The predicted octanol–water partition coefficient (Wildman–Crippen LogP) is 1.24. The van der Waals surface area contributed by atoms with Crippen LogP contribution in [-0.4, -0.2) is 54.2 Å². The van der Waals surface area contributed by atoms with Crippen molar-refractivity contribution in [2.75, 3.05) is 27.2 Å². The van der Waals surface area contributed by atoms with Crippen molar-refractivity contribution >= 4 is 11.3 Å². The number of aliphatic hydroxyl groups excluding tert-OH is 1. The first kappa shape index (κ1) is 12.0. The van der Waals surface area contributed by atoms with Gasteiger partial charge in [0.1, 0.15) is 0 Å². The smallest absolute Gasteiger partial charge is 0.0682 e. The summed E-state index contributed by atoms with van der Waals surface area (Å²) in [4.78, 5) is 4.59. The molecule has 4 heteroatoms. The summed E-state index contributed by atoms with van der Waals surface area (Å²) in [7, 11) is 4.18. The Balaban J connectivity index is 1.95. The average molecular weight is 240 g/mol. The van der Waals surface area contributed by atoms with E-state index in [1.54, 1.807) is 11.3 Å². The van der Waals surface area contributed by atoms with Crippen molar-refractivity contribution in [1.82, 2.24) is 9.80 Å². The van der Waals surface area contributed by atoms with Crippen LogP contribution in [0.4, 0.5) is 0 Å². The molecule has 1 aromatic rings. The molecule has 3 nitrogen and oxygen atoms in total. The van der Waals surface area contributed by atoms with Crippen LogP contribution in [0.25, 0.3) is 0 Å². The number of nitrogens with zero attached hydrogens (tertiary/aromatic N) is 2. The topological polar surface area (TPSA) is 26.7 Å². The van der Waals surface area contributed by atoms with Gasteiger partial charge in [0, 0.05) is 25.7 Å². The molecule has 2 heterocycles. The van der Waals surface area contributed by atoms with E-state index in [9.17, 15) is 5.11 Å². The van der Waals surface area contributed by atoms with Crippen LogP contribution in [0, 0.1) is 0 Å². The molecule has 1 aliphatic rings. The minimum atomic E-state index is -0.149. The average Bonchev–Trinajstić information content (AvgIpc) is 2.77. The Morgan fingerprint density at radius 2 is 2.38 bits per heavy atom. The molecule has 2 unspecified atom stereocenters. The number of rotatable bonds is 4. The number of likely N-dealkylation sites (tertiary alicyclic amines) is 1. The molecule has 0 spiro atoms. The fourth-order valence-corrected chi connectivity index (χ4v) is 3.04. The van der Waals surface area contributed by atoms with Crippen molar-refractivity contribution in [2.45, 2.75) is 25.1 Å². The lowest BCUT2D eigenvalue weighted by molar-refractivity contribution is 0.169. The molecule has 0 bridgehead atoms. The van der Waals surface area contributed by atoms with Crippen LogP contribution in [0.15, 0.2) is 16.8 Å². The van der Waals surface area contributed by atoms with Gasteiger partial charge >= 0.3 is 0 Å². The fourth-order valence-electron chi connectivity index (χ4n) is 2.38. The highest BCUT2D eigenvalue weighted by molar-refractivity contribution is 7.07. The van der Waals surface area contributed by atoms with Gasteiger partial charge in [0.15, 0.2) is 0 Å². The Hall–Kier alpha value is -0.420. The van der Waals surface area contributed by atoms with E-state index < -0.39 is 0 Å². The van der Waals surface area contributed by atoms with E-state index in [0.29, 0.717) is 6.04 Å². The molecule has 0 saturated carbocycles. The normalized spacial score (nSPS) is 26.8. The van der Waals surface area contributed by atoms with Crippen molar-refractivity contribution in [3.8, 4) is 0 Å². The zero-order valence-corrected chi connectivity index (χ0v) is 10.8. The van der Waals surface area contributed by atoms with E-state index in [-0.39, 0.29) is 6.10 Å². The van der Waals surface area contributed by atoms with Gasteiger partial charge in [-0.25, -0.2) is 0 Å². The van der Waals surface area contributed by atoms with Crippen LogP contribution in [0.2, 0.25) is 0 Å². The van der Waals surface area contributed by atoms with Gasteiger partial charge in [0.2, 0.25) is 0 Å². The third-order valence-electron chi connectivity index (χ3n) is 3.05. The zero-order chi connectivity index (χ0) is 11.5. The number of hydrogen-bond donors (Lipinski definition) is 1. The number of thiophene rings is 1. The first-order valence-corrected chi connectivity index (χ1v) is 6.67. The second-order valence-electron chi connectivity index (χ2n) is 4.87. The second kappa shape index (κ2) is 5.27. The summed E-state index contributed by atoms with van der Waals surface area (Å²) in [5.74, 6) is 0. The number of β-amino-alcohol motifs (C(OH)–C–C–N with tert-alkyl or cyclic N) is 1. The summed E-state index contributed by atoms with van der Waals surface area (Å²) in [6.07, 6.45) is 0.756. The number of aliphatic hydroxyl groups is 1. The Morgan fingerprint density at radius 1 is 1.56 bits per heavy atom. The summed E-state index contributed by atoms with van der Waals surface area (Å²) >= 11 is 1.74. The molecule has 0 amide bonds. The minimum absolute atomic E-state index is 0.149. The first-order chi connectivity index (χ1) is 7.65. The lowest BCUT2D eigenvalue weighted by atomic mass is 10.2. The minimum Gasteiger partial charge on any atom is -0.392 e. The molecular weight excluding hydrogens is 220 g/mol. The molecule has 0 aliphatic carbocycles. The molecule has 1 fully saturated rings. The highest BCUT2D eigenvalue weighted by Gasteiger charge is 2.30. The maximum Gasteiger partial charge on any atom is 0.0682 e. The Bertz CT molecular complexity index is 313. The predicted molar refractivity (Wildman–Crippen MR) is 67.7 cm³/mol. The summed E-state index contributed by atoms with van der Waals surface area (Å²) in [6, 6.07) is 2.66. The van der Waals surface area contributed by atoms with Crippen molar-refractivity contribution in [3.05, 3.63) is 22.4 Å². The summed E-state index contributed by atoms with van der Waals surface area (Å²) in [5.41, 5.74) is 1.36. The highest BCUT2D eigenvalue weighted by Crippen LogP contribution is 2.21. The van der Waals surface area contributed by atoms with E-state index in [1.165, 1.54) is 5.56 Å². The van der Waals surface area contributed by atoms with Crippen molar-refractivity contribution in [3.63, 3.8) is 0 Å². The molecule has 1 aliphatic heterocycles. The largest absolute Gasteiger partial charge is 0.392 e. The van der Waals surface area contributed by atoms with Crippen LogP contribution >= 0.6 is 11.3 Å². The molecule has 0 radical (unpaired) electrons. The van der Waals surface area contributed by atoms with Crippen LogP contribution in [0.5, 0.6) is 0 Å². The van der Waals surface area contributed by atoms with Gasteiger partial charge in [-0.05, 0) is 42.9 Å². The van der Waals surface area contributed by atoms with Crippen LogP contribution in [0.3, 0.4) is 0 Å². The lowest BCUT2D eigenvalue weighted by Crippen LogP contribution is -2.37. The fraction of sp³-hybridized carbons (Fsp3) is 0.667. The van der Waals surface area contributed by atoms with Crippen LogP contribution in [-0.2, 0) is 6.54 Å². The van der Waals surface area contributed by atoms with Crippen molar-refractivity contribution in [1.29, 1.82) is 0 Å². The molecular formula is C12H20N2OS. The van der Waals surface area contributed by atoms with Gasteiger partial charge in [0.25, 0.3) is 0 Å². The van der Waals surface area contributed by atoms with Gasteiger partial charge < -0.3 is 10.0 Å². The van der Waals surface area contributed by atoms with Gasteiger partial charge in [-0.3, -0.25) is 4.90 Å². The Kier molecular flexibility index (Phi) is 3.97. The third kappa shape index (κ3) is 3.04. The van der Waals surface area contributed by atoms with E-state index in [0.717, 1.165) is 26.1 Å². The lowest BCUT2D eigenvalue weighted by Gasteiger charge is -2.26. The molecule has 1 N–H and O–H groups in total. The van der Waals surface area contributed by atoms with Crippen LogP contribution in [0.1, 0.15) is 12.0 Å². The zero-order valence-electron chi connectivity index (χ0n) is 9.97. The molecule has 1 aromatic heterocycles. The van der Waals surface area contributed by atoms with Gasteiger partial charge in [-0.15, -0.1) is 0 Å². The summed E-state index contributed by atoms with van der Waals surface area (Å²) in [5, 5.41) is 14.1. The first-order valence-electron chi connectivity index (χ1n) is 5.73. The Morgan fingerprint density at radius 3 is 3.00 bits per heavy atom. The van der Waals surface area contributed by atoms with Crippen molar-refractivity contribution < 1.29 is 5.11 Å². The molecule has 0 aromatic carbocycles. The molecule has 1 saturated heterocycles. The van der Waals surface area contributed by atoms with Gasteiger partial charge in [-0.2, -0.15) is 11.3 Å². The quantitative estimate of drug-likeness (QED) is 0.858. The highest BCUT2D eigenvalue weighted by atomic mass is 32.1. The second-order valence-corrected chi connectivity index (χ2v) is 5.65.